The molecule has 2 aromatic rings. The van der Waals surface area contributed by atoms with E-state index in [1.54, 1.807) is 30.4 Å². The average molecular weight is 363 g/mol. The van der Waals surface area contributed by atoms with Gasteiger partial charge in [0.05, 0.1) is 12.1 Å². The maximum Gasteiger partial charge on any atom is 0.255 e. The Morgan fingerprint density at radius 2 is 2.14 bits per heavy atom. The van der Waals surface area contributed by atoms with Crippen LogP contribution in [0.3, 0.4) is 0 Å². The van der Waals surface area contributed by atoms with Gasteiger partial charge >= 0.3 is 0 Å². The monoisotopic (exact) mass is 362 g/mol. The average Bonchev–Trinajstić information content (AvgIpc) is 2.54. The number of nitrogens with zero attached hydrogens (tertiary/aromatic N) is 2. The Morgan fingerprint density at radius 3 is 2.91 bits per heavy atom. The van der Waals surface area contributed by atoms with Gasteiger partial charge in [-0.15, -0.1) is 0 Å². The number of pyridine rings is 1. The summed E-state index contributed by atoms with van der Waals surface area (Å²) in [6.07, 6.45) is 3.01. The van der Waals surface area contributed by atoms with Crippen LogP contribution < -0.4 is 9.47 Å². The summed E-state index contributed by atoms with van der Waals surface area (Å²) in [6, 6.07) is 9.28. The number of likely N-dealkylation sites (N-methyl/N-ethyl adjacent to an activating group) is 1. The molecule has 0 spiro atoms. The Labute approximate surface area is 137 Å². The molecule has 1 aliphatic heterocycles. The molecule has 2 heterocycles. The van der Waals surface area contributed by atoms with E-state index < -0.39 is 0 Å². The minimum absolute atomic E-state index is 0.101. The highest BCUT2D eigenvalue weighted by molar-refractivity contribution is 9.10. The van der Waals surface area contributed by atoms with E-state index in [-0.39, 0.29) is 12.0 Å². The quantitative estimate of drug-likeness (QED) is 0.842. The molecule has 114 valence electrons. The fraction of sp³-hybridized carbons (Fsp3) is 0.250. The predicted octanol–water partition coefficient (Wildman–Crippen LogP) is 2.76. The number of hydrogen-bond donors (Lipinski definition) is 0. The minimum Gasteiger partial charge on any atom is -0.486 e. The van der Waals surface area contributed by atoms with Crippen LogP contribution in [0.4, 0.5) is 0 Å². The maximum atomic E-state index is 12.4. The zero-order valence-corrected chi connectivity index (χ0v) is 13.6. The highest BCUT2D eigenvalue weighted by Gasteiger charge is 2.24. The first-order valence-electron chi connectivity index (χ1n) is 6.88. The van der Waals surface area contributed by atoms with Crippen LogP contribution in [-0.4, -0.2) is 42.1 Å². The van der Waals surface area contributed by atoms with E-state index >= 15 is 0 Å². The molecule has 0 N–H and O–H groups in total. The molecule has 22 heavy (non-hydrogen) atoms. The number of aromatic nitrogens is 1. The number of fused-ring (bicyclic) bond motifs is 1. The van der Waals surface area contributed by atoms with E-state index in [4.69, 9.17) is 9.47 Å². The molecule has 0 bridgehead atoms. The van der Waals surface area contributed by atoms with Gasteiger partial charge in [0.25, 0.3) is 5.91 Å². The number of carbonyl (C=O) groups excluding carboxylic acids is 1. The van der Waals surface area contributed by atoms with Gasteiger partial charge in [-0.1, -0.05) is 12.1 Å². The molecule has 1 aromatic heterocycles. The second-order valence-corrected chi connectivity index (χ2v) is 5.99. The van der Waals surface area contributed by atoms with Crippen LogP contribution in [0.5, 0.6) is 11.5 Å². The molecule has 0 unspecified atom stereocenters. The summed E-state index contributed by atoms with van der Waals surface area (Å²) in [5, 5.41) is 0. The zero-order valence-electron chi connectivity index (χ0n) is 12.0. The number of carbonyl (C=O) groups is 1. The summed E-state index contributed by atoms with van der Waals surface area (Å²) >= 11 is 3.32. The molecule has 0 aliphatic carbocycles. The van der Waals surface area contributed by atoms with E-state index in [0.717, 1.165) is 10.2 Å². The summed E-state index contributed by atoms with van der Waals surface area (Å²) in [7, 11) is 1.74. The Balaban J connectivity index is 1.65. The van der Waals surface area contributed by atoms with Crippen molar-refractivity contribution in [1.29, 1.82) is 0 Å². The second kappa shape index (κ2) is 6.36. The number of amides is 1. The van der Waals surface area contributed by atoms with E-state index in [9.17, 15) is 4.79 Å². The summed E-state index contributed by atoms with van der Waals surface area (Å²) < 4.78 is 12.3. The molecular weight excluding hydrogens is 348 g/mol. The topological polar surface area (TPSA) is 51.7 Å². The molecule has 0 fully saturated rings. The molecule has 3 rings (SSSR count). The summed E-state index contributed by atoms with van der Waals surface area (Å²) in [4.78, 5) is 18.0. The fourth-order valence-electron chi connectivity index (χ4n) is 2.29. The van der Waals surface area contributed by atoms with Crippen molar-refractivity contribution in [3.8, 4) is 11.5 Å². The van der Waals surface area contributed by atoms with E-state index in [1.807, 2.05) is 24.3 Å². The fourth-order valence-corrected chi connectivity index (χ4v) is 2.66. The van der Waals surface area contributed by atoms with Crippen LogP contribution in [0, 0.1) is 0 Å². The van der Waals surface area contributed by atoms with Gasteiger partial charge in [-0.25, -0.2) is 0 Å². The Bertz CT molecular complexity index is 693. The highest BCUT2D eigenvalue weighted by Crippen LogP contribution is 2.31. The molecule has 5 nitrogen and oxygen atoms in total. The second-order valence-electron chi connectivity index (χ2n) is 5.08. The number of benzene rings is 1. The van der Waals surface area contributed by atoms with Crippen LogP contribution in [0.1, 0.15) is 10.4 Å². The molecule has 1 atom stereocenters. The first-order chi connectivity index (χ1) is 10.6. The van der Waals surface area contributed by atoms with Crippen molar-refractivity contribution < 1.29 is 14.3 Å². The van der Waals surface area contributed by atoms with Gasteiger partial charge in [0.15, 0.2) is 17.6 Å². The van der Waals surface area contributed by atoms with Crippen LogP contribution in [-0.2, 0) is 0 Å². The maximum absolute atomic E-state index is 12.4. The zero-order chi connectivity index (χ0) is 15.5. The van der Waals surface area contributed by atoms with E-state index in [0.29, 0.717) is 24.5 Å². The third-order valence-electron chi connectivity index (χ3n) is 3.34. The smallest absolute Gasteiger partial charge is 0.255 e. The van der Waals surface area contributed by atoms with Gasteiger partial charge < -0.3 is 14.4 Å². The largest absolute Gasteiger partial charge is 0.486 e. The molecule has 1 amide bonds. The van der Waals surface area contributed by atoms with Gasteiger partial charge in [-0.3, -0.25) is 9.78 Å². The minimum atomic E-state index is -0.191. The van der Waals surface area contributed by atoms with Gasteiger partial charge in [0.2, 0.25) is 0 Å². The number of halogens is 1. The lowest BCUT2D eigenvalue weighted by molar-refractivity contribution is 0.0520. The SMILES string of the molecule is CN(C[C@@H]1COc2ccccc2O1)C(=O)c1cncc(Br)c1. The van der Waals surface area contributed by atoms with Crippen molar-refractivity contribution in [2.24, 2.45) is 0 Å². The van der Waals surface area contributed by atoms with Crippen molar-refractivity contribution in [3.63, 3.8) is 0 Å². The van der Waals surface area contributed by atoms with Crippen LogP contribution in [0.2, 0.25) is 0 Å². The third-order valence-corrected chi connectivity index (χ3v) is 3.78. The first-order valence-corrected chi connectivity index (χ1v) is 7.67. The van der Waals surface area contributed by atoms with Crippen molar-refractivity contribution in [3.05, 3.63) is 52.8 Å². The number of para-hydroxylation sites is 2. The lowest BCUT2D eigenvalue weighted by Gasteiger charge is -2.29. The van der Waals surface area contributed by atoms with Crippen LogP contribution in [0.25, 0.3) is 0 Å². The normalized spacial score (nSPS) is 16.2. The van der Waals surface area contributed by atoms with Gasteiger partial charge in [0.1, 0.15) is 6.61 Å². The first kappa shape index (κ1) is 14.8. The Kier molecular flexibility index (Phi) is 4.29. The number of ether oxygens (including phenoxy) is 2. The highest BCUT2D eigenvalue weighted by atomic mass is 79.9. The molecule has 0 saturated carbocycles. The van der Waals surface area contributed by atoms with Gasteiger partial charge in [-0.2, -0.15) is 0 Å². The standard InChI is InChI=1S/C16H15BrN2O3/c1-19(16(20)11-6-12(17)8-18-7-11)9-13-10-21-14-4-2-3-5-15(14)22-13/h2-8,13H,9-10H2,1H3/t13-/m1/s1. The Hall–Kier alpha value is -2.08. The third kappa shape index (κ3) is 3.22. The Morgan fingerprint density at radius 1 is 1.36 bits per heavy atom. The van der Waals surface area contributed by atoms with Gasteiger partial charge in [0, 0.05) is 23.9 Å². The van der Waals surface area contributed by atoms with Crippen molar-refractivity contribution in [1.82, 2.24) is 9.88 Å². The summed E-state index contributed by atoms with van der Waals surface area (Å²) in [5.41, 5.74) is 0.536. The molecule has 6 heteroatoms. The number of rotatable bonds is 3. The summed E-state index contributed by atoms with van der Waals surface area (Å²) in [6.45, 7) is 0.866. The van der Waals surface area contributed by atoms with E-state index in [2.05, 4.69) is 20.9 Å². The van der Waals surface area contributed by atoms with Crippen molar-refractivity contribution in [2.45, 2.75) is 6.10 Å². The van der Waals surface area contributed by atoms with Crippen LogP contribution >= 0.6 is 15.9 Å². The number of hydrogen-bond acceptors (Lipinski definition) is 4. The molecule has 1 aliphatic rings. The molecule has 1 aromatic carbocycles. The van der Waals surface area contributed by atoms with Gasteiger partial charge in [-0.05, 0) is 34.1 Å². The lowest BCUT2D eigenvalue weighted by atomic mass is 10.2. The molecule has 0 saturated heterocycles. The summed E-state index contributed by atoms with van der Waals surface area (Å²) in [5.74, 6) is 1.35. The molecular formula is C16H15BrN2O3. The predicted molar refractivity (Wildman–Crippen MR) is 85.3 cm³/mol. The lowest BCUT2D eigenvalue weighted by Crippen LogP contribution is -2.41. The van der Waals surface area contributed by atoms with E-state index in [1.165, 1.54) is 0 Å². The molecule has 0 radical (unpaired) electrons. The van der Waals surface area contributed by atoms with Crippen molar-refractivity contribution >= 4 is 21.8 Å². The van der Waals surface area contributed by atoms with Crippen LogP contribution in [0.15, 0.2) is 47.2 Å². The van der Waals surface area contributed by atoms with Crippen molar-refractivity contribution in [2.75, 3.05) is 20.2 Å².